The fraction of sp³-hybridized carbons (Fsp3) is 0.333. The van der Waals surface area contributed by atoms with Crippen LogP contribution in [0, 0.1) is 6.92 Å². The molecule has 0 saturated heterocycles. The Morgan fingerprint density at radius 1 is 1.61 bits per heavy atom. The van der Waals surface area contributed by atoms with Gasteiger partial charge in [-0.3, -0.25) is 9.48 Å². The molecule has 0 bridgehead atoms. The van der Waals surface area contributed by atoms with Gasteiger partial charge in [-0.25, -0.2) is 0 Å². The highest BCUT2D eigenvalue weighted by Gasteiger charge is 2.19. The Morgan fingerprint density at radius 3 is 2.89 bits per heavy atom. The van der Waals surface area contributed by atoms with Gasteiger partial charge in [-0.05, 0) is 35.8 Å². The Kier molecular flexibility index (Phi) is 3.92. The summed E-state index contributed by atoms with van der Waals surface area (Å²) in [5.74, 6) is -0.0490. The number of aromatic nitrogens is 2. The number of hydrogen-bond donors (Lipinski definition) is 0. The minimum atomic E-state index is -0.0490. The molecular formula is C12H12BrClN2O2. The van der Waals surface area contributed by atoms with E-state index < -0.39 is 0 Å². The van der Waals surface area contributed by atoms with E-state index in [1.165, 1.54) is 6.26 Å². The van der Waals surface area contributed by atoms with Gasteiger partial charge in [0.1, 0.15) is 0 Å². The summed E-state index contributed by atoms with van der Waals surface area (Å²) < 4.78 is 7.26. The maximum Gasteiger partial charge on any atom is 0.179 e. The molecule has 2 aromatic heterocycles. The van der Waals surface area contributed by atoms with E-state index in [1.807, 2.05) is 13.8 Å². The van der Waals surface area contributed by atoms with E-state index in [2.05, 4.69) is 21.0 Å². The number of nitrogens with zero attached hydrogens (tertiary/aromatic N) is 2. The van der Waals surface area contributed by atoms with Gasteiger partial charge < -0.3 is 4.42 Å². The SMILES string of the molecule is CCn1nc(C)c(Cl)c1CC(=O)c1ccoc1Br. The van der Waals surface area contributed by atoms with Crippen molar-refractivity contribution < 1.29 is 9.21 Å². The molecule has 0 N–H and O–H groups in total. The van der Waals surface area contributed by atoms with E-state index >= 15 is 0 Å². The third kappa shape index (κ3) is 2.37. The molecule has 18 heavy (non-hydrogen) atoms. The number of halogens is 2. The van der Waals surface area contributed by atoms with Crippen molar-refractivity contribution in [3.63, 3.8) is 0 Å². The Bertz CT molecular complexity index is 589. The Hall–Kier alpha value is -1.07. The predicted molar refractivity (Wildman–Crippen MR) is 72.1 cm³/mol. The number of carbonyl (C=O) groups excluding carboxylic acids is 1. The number of rotatable bonds is 4. The highest BCUT2D eigenvalue weighted by molar-refractivity contribution is 9.10. The molecule has 0 saturated carbocycles. The molecule has 0 aromatic carbocycles. The van der Waals surface area contributed by atoms with Gasteiger partial charge in [0, 0.05) is 6.54 Å². The molecule has 0 radical (unpaired) electrons. The monoisotopic (exact) mass is 330 g/mol. The summed E-state index contributed by atoms with van der Waals surface area (Å²) in [6.07, 6.45) is 1.69. The lowest BCUT2D eigenvalue weighted by Crippen LogP contribution is -2.10. The van der Waals surface area contributed by atoms with Gasteiger partial charge in [-0.15, -0.1) is 0 Å². The minimum absolute atomic E-state index is 0.0490. The molecule has 0 amide bonds. The molecule has 2 heterocycles. The zero-order valence-electron chi connectivity index (χ0n) is 10.0. The van der Waals surface area contributed by atoms with Gasteiger partial charge in [0.15, 0.2) is 10.5 Å². The van der Waals surface area contributed by atoms with Gasteiger partial charge in [0.25, 0.3) is 0 Å². The molecular weight excluding hydrogens is 320 g/mol. The third-order valence-corrected chi connectivity index (χ3v) is 3.80. The van der Waals surface area contributed by atoms with Gasteiger partial charge in [-0.2, -0.15) is 5.10 Å². The summed E-state index contributed by atoms with van der Waals surface area (Å²) in [5, 5.41) is 4.84. The predicted octanol–water partition coefficient (Wildman–Crippen LogP) is 3.65. The summed E-state index contributed by atoms with van der Waals surface area (Å²) in [5.41, 5.74) is 2.01. The number of Topliss-reactive ketones (excluding diaryl/α,β-unsaturated/α-hetero) is 1. The summed E-state index contributed by atoms with van der Waals surface area (Å²) in [4.78, 5) is 12.1. The molecule has 0 spiro atoms. The van der Waals surface area contributed by atoms with Crippen molar-refractivity contribution in [1.82, 2.24) is 9.78 Å². The first-order valence-corrected chi connectivity index (χ1v) is 6.69. The number of carbonyl (C=O) groups is 1. The summed E-state index contributed by atoms with van der Waals surface area (Å²) in [6.45, 7) is 4.48. The maximum atomic E-state index is 12.1. The zero-order chi connectivity index (χ0) is 13.3. The van der Waals surface area contributed by atoms with Crippen LogP contribution in [0.4, 0.5) is 0 Å². The molecule has 2 rings (SSSR count). The molecule has 0 aliphatic carbocycles. The van der Waals surface area contributed by atoms with E-state index in [4.69, 9.17) is 16.0 Å². The number of aryl methyl sites for hydroxylation is 2. The van der Waals surface area contributed by atoms with Crippen LogP contribution < -0.4 is 0 Å². The largest absolute Gasteiger partial charge is 0.457 e. The maximum absolute atomic E-state index is 12.1. The van der Waals surface area contributed by atoms with E-state index in [0.29, 0.717) is 21.8 Å². The van der Waals surface area contributed by atoms with Crippen molar-refractivity contribution >= 4 is 33.3 Å². The average molecular weight is 332 g/mol. The topological polar surface area (TPSA) is 48.0 Å². The quantitative estimate of drug-likeness (QED) is 0.804. The van der Waals surface area contributed by atoms with Gasteiger partial charge in [-0.1, -0.05) is 11.6 Å². The van der Waals surface area contributed by atoms with Crippen molar-refractivity contribution in [2.45, 2.75) is 26.8 Å². The van der Waals surface area contributed by atoms with Crippen LogP contribution in [-0.4, -0.2) is 15.6 Å². The molecule has 2 aromatic rings. The Labute approximate surface area is 118 Å². The summed E-state index contributed by atoms with van der Waals surface area (Å²) in [6, 6.07) is 1.64. The third-order valence-electron chi connectivity index (χ3n) is 2.70. The van der Waals surface area contributed by atoms with E-state index in [0.717, 1.165) is 11.4 Å². The first-order chi connectivity index (χ1) is 8.54. The van der Waals surface area contributed by atoms with Gasteiger partial charge in [0.2, 0.25) is 0 Å². The van der Waals surface area contributed by atoms with Crippen LogP contribution in [0.5, 0.6) is 0 Å². The van der Waals surface area contributed by atoms with Crippen molar-refractivity contribution in [3.8, 4) is 0 Å². The standard InChI is InChI=1S/C12H12BrClN2O2/c1-3-16-9(11(14)7(2)15-16)6-10(17)8-4-5-18-12(8)13/h4-5H,3,6H2,1-2H3. The molecule has 0 atom stereocenters. The van der Waals surface area contributed by atoms with Crippen LogP contribution in [0.3, 0.4) is 0 Å². The lowest BCUT2D eigenvalue weighted by Gasteiger charge is -2.04. The fourth-order valence-electron chi connectivity index (χ4n) is 1.78. The molecule has 0 fully saturated rings. The van der Waals surface area contributed by atoms with Crippen LogP contribution >= 0.6 is 27.5 Å². The van der Waals surface area contributed by atoms with Crippen LogP contribution in [0.25, 0.3) is 0 Å². The van der Waals surface area contributed by atoms with Crippen LogP contribution in [0.2, 0.25) is 5.02 Å². The van der Waals surface area contributed by atoms with Crippen molar-refractivity contribution in [1.29, 1.82) is 0 Å². The van der Waals surface area contributed by atoms with Crippen LogP contribution in [-0.2, 0) is 13.0 Å². The van der Waals surface area contributed by atoms with Crippen molar-refractivity contribution in [3.05, 3.63) is 39.0 Å². The Balaban J connectivity index is 2.30. The Morgan fingerprint density at radius 2 is 2.33 bits per heavy atom. The first-order valence-electron chi connectivity index (χ1n) is 5.52. The van der Waals surface area contributed by atoms with Crippen molar-refractivity contribution in [2.24, 2.45) is 0 Å². The molecule has 4 nitrogen and oxygen atoms in total. The van der Waals surface area contributed by atoms with E-state index in [9.17, 15) is 4.79 Å². The number of hydrogen-bond acceptors (Lipinski definition) is 3. The van der Waals surface area contributed by atoms with Crippen molar-refractivity contribution in [2.75, 3.05) is 0 Å². The second kappa shape index (κ2) is 5.28. The molecule has 0 aliphatic rings. The highest BCUT2D eigenvalue weighted by atomic mass is 79.9. The summed E-state index contributed by atoms with van der Waals surface area (Å²) >= 11 is 9.36. The van der Waals surface area contributed by atoms with E-state index in [-0.39, 0.29) is 12.2 Å². The van der Waals surface area contributed by atoms with Gasteiger partial charge >= 0.3 is 0 Å². The zero-order valence-corrected chi connectivity index (χ0v) is 12.4. The summed E-state index contributed by atoms with van der Waals surface area (Å²) in [7, 11) is 0. The molecule has 0 aliphatic heterocycles. The molecule has 96 valence electrons. The lowest BCUT2D eigenvalue weighted by molar-refractivity contribution is 0.0989. The second-order valence-electron chi connectivity index (χ2n) is 3.87. The lowest BCUT2D eigenvalue weighted by atomic mass is 10.1. The smallest absolute Gasteiger partial charge is 0.179 e. The van der Waals surface area contributed by atoms with Crippen LogP contribution in [0.1, 0.15) is 28.7 Å². The number of furan rings is 1. The normalized spacial score (nSPS) is 10.9. The minimum Gasteiger partial charge on any atom is -0.457 e. The molecule has 6 heteroatoms. The highest BCUT2D eigenvalue weighted by Crippen LogP contribution is 2.24. The van der Waals surface area contributed by atoms with Gasteiger partial charge in [0.05, 0.1) is 34.7 Å². The fourth-order valence-corrected chi connectivity index (χ4v) is 2.44. The second-order valence-corrected chi connectivity index (χ2v) is 4.97. The first kappa shape index (κ1) is 13.4. The molecule has 0 unspecified atom stereocenters. The van der Waals surface area contributed by atoms with E-state index in [1.54, 1.807) is 10.7 Å². The average Bonchev–Trinajstić information content (AvgIpc) is 2.87. The van der Waals surface area contributed by atoms with Crippen LogP contribution in [0.15, 0.2) is 21.4 Å². The number of ketones is 1.